The van der Waals surface area contributed by atoms with E-state index in [1.165, 1.54) is 38.4 Å². The normalized spacial score (nSPS) is 13.5. The van der Waals surface area contributed by atoms with Crippen molar-refractivity contribution >= 4 is 21.6 Å². The molecule has 1 aromatic heterocycles. The number of fused-ring (bicyclic) bond motifs is 1. The fourth-order valence-corrected chi connectivity index (χ4v) is 4.63. The first kappa shape index (κ1) is 21.2. The molecule has 0 aliphatic heterocycles. The zero-order valence-electron chi connectivity index (χ0n) is 17.5. The van der Waals surface area contributed by atoms with E-state index in [1.807, 2.05) is 0 Å². The number of amides is 1. The molecule has 0 bridgehead atoms. The quantitative estimate of drug-likeness (QED) is 0.657. The van der Waals surface area contributed by atoms with Gasteiger partial charge in [-0.3, -0.25) is 4.79 Å². The number of nitrogens with one attached hydrogen (secondary N) is 1. The SMILES string of the molecule is Cc1ccc(S(=O)(=O)N(C)C)cc1NC(=O)c1nn(-c2ccc(F)cc2)c2c1CCC2. The largest absolute Gasteiger partial charge is 0.320 e. The second-order valence-corrected chi connectivity index (χ2v) is 9.89. The monoisotopic (exact) mass is 442 g/mol. The lowest BCUT2D eigenvalue weighted by atomic mass is 10.1. The summed E-state index contributed by atoms with van der Waals surface area (Å²) in [4.78, 5) is 13.2. The number of benzene rings is 2. The first-order chi connectivity index (χ1) is 14.7. The van der Waals surface area contributed by atoms with Gasteiger partial charge in [-0.1, -0.05) is 6.07 Å². The Morgan fingerprint density at radius 2 is 1.84 bits per heavy atom. The molecule has 4 rings (SSSR count). The highest BCUT2D eigenvalue weighted by Gasteiger charge is 2.27. The van der Waals surface area contributed by atoms with E-state index >= 15 is 0 Å². The maximum atomic E-state index is 13.3. The van der Waals surface area contributed by atoms with Crippen LogP contribution in [0.3, 0.4) is 0 Å². The minimum atomic E-state index is -3.63. The second kappa shape index (κ2) is 7.90. The molecule has 1 amide bonds. The van der Waals surface area contributed by atoms with Gasteiger partial charge in [0.25, 0.3) is 5.91 Å². The highest BCUT2D eigenvalue weighted by atomic mass is 32.2. The molecule has 2 aromatic carbocycles. The van der Waals surface area contributed by atoms with Gasteiger partial charge in [-0.2, -0.15) is 5.10 Å². The van der Waals surface area contributed by atoms with Crippen LogP contribution in [0.15, 0.2) is 47.4 Å². The van der Waals surface area contributed by atoms with Crippen LogP contribution in [0.5, 0.6) is 0 Å². The second-order valence-electron chi connectivity index (χ2n) is 7.73. The summed E-state index contributed by atoms with van der Waals surface area (Å²) in [6, 6.07) is 10.6. The summed E-state index contributed by atoms with van der Waals surface area (Å²) < 4.78 is 41.1. The highest BCUT2D eigenvalue weighted by molar-refractivity contribution is 7.89. The van der Waals surface area contributed by atoms with Crippen LogP contribution in [0.4, 0.5) is 10.1 Å². The van der Waals surface area contributed by atoms with Crippen LogP contribution in [0.1, 0.15) is 33.7 Å². The van der Waals surface area contributed by atoms with Crippen molar-refractivity contribution in [3.63, 3.8) is 0 Å². The first-order valence-corrected chi connectivity index (χ1v) is 11.3. The first-order valence-electron chi connectivity index (χ1n) is 9.89. The Hall–Kier alpha value is -3.04. The lowest BCUT2D eigenvalue weighted by Crippen LogP contribution is -2.22. The Balaban J connectivity index is 1.69. The highest BCUT2D eigenvalue weighted by Crippen LogP contribution is 2.29. The fraction of sp³-hybridized carbons (Fsp3) is 0.273. The summed E-state index contributed by atoms with van der Waals surface area (Å²) in [5.74, 6) is -0.741. The van der Waals surface area contributed by atoms with Crippen molar-refractivity contribution in [2.75, 3.05) is 19.4 Å². The van der Waals surface area contributed by atoms with E-state index < -0.39 is 15.9 Å². The molecule has 0 spiro atoms. The molecule has 31 heavy (non-hydrogen) atoms. The molecule has 1 heterocycles. The maximum absolute atomic E-state index is 13.3. The Labute approximate surface area is 180 Å². The Bertz CT molecular complexity index is 1260. The standard InChI is InChI=1S/C22H23FN4O3S/c1-14-7-12-17(31(29,30)26(2)3)13-19(14)24-22(28)21-18-5-4-6-20(18)27(25-21)16-10-8-15(23)9-11-16/h7-13H,4-6H2,1-3H3,(H,24,28). The molecule has 1 aliphatic carbocycles. The lowest BCUT2D eigenvalue weighted by molar-refractivity contribution is 0.102. The number of hydrogen-bond donors (Lipinski definition) is 1. The molecule has 0 unspecified atom stereocenters. The summed E-state index contributed by atoms with van der Waals surface area (Å²) in [5.41, 5.74) is 3.96. The zero-order valence-corrected chi connectivity index (χ0v) is 18.3. The Kier molecular flexibility index (Phi) is 5.40. The summed E-state index contributed by atoms with van der Waals surface area (Å²) in [7, 11) is -0.716. The van der Waals surface area contributed by atoms with E-state index in [-0.39, 0.29) is 10.7 Å². The number of halogens is 1. The molecule has 3 aromatic rings. The van der Waals surface area contributed by atoms with Gasteiger partial charge in [0.05, 0.1) is 10.6 Å². The van der Waals surface area contributed by atoms with Crippen LogP contribution in [-0.4, -0.2) is 42.5 Å². The van der Waals surface area contributed by atoms with E-state index in [4.69, 9.17) is 0 Å². The number of nitrogens with zero attached hydrogens (tertiary/aromatic N) is 3. The van der Waals surface area contributed by atoms with Gasteiger partial charge < -0.3 is 5.32 Å². The van der Waals surface area contributed by atoms with E-state index in [2.05, 4.69) is 10.4 Å². The molecule has 7 nitrogen and oxygen atoms in total. The van der Waals surface area contributed by atoms with Crippen molar-refractivity contribution in [1.82, 2.24) is 14.1 Å². The van der Waals surface area contributed by atoms with Crippen LogP contribution in [0.25, 0.3) is 5.69 Å². The minimum absolute atomic E-state index is 0.0977. The topological polar surface area (TPSA) is 84.3 Å². The molecule has 0 atom stereocenters. The summed E-state index contributed by atoms with van der Waals surface area (Å²) in [5, 5.41) is 7.34. The van der Waals surface area contributed by atoms with Gasteiger partial charge in [0.1, 0.15) is 5.82 Å². The van der Waals surface area contributed by atoms with Crippen LogP contribution >= 0.6 is 0 Å². The third-order valence-electron chi connectivity index (χ3n) is 5.45. The number of aromatic nitrogens is 2. The van der Waals surface area contributed by atoms with E-state index in [0.29, 0.717) is 17.1 Å². The van der Waals surface area contributed by atoms with Gasteiger partial charge in [-0.05, 0) is 68.1 Å². The number of anilines is 1. The van der Waals surface area contributed by atoms with E-state index in [0.717, 1.165) is 40.4 Å². The van der Waals surface area contributed by atoms with Crippen LogP contribution < -0.4 is 5.32 Å². The van der Waals surface area contributed by atoms with Crippen molar-refractivity contribution < 1.29 is 17.6 Å². The summed E-state index contributed by atoms with van der Waals surface area (Å²) in [6.45, 7) is 1.79. The smallest absolute Gasteiger partial charge is 0.276 e. The molecule has 1 aliphatic rings. The number of carbonyl (C=O) groups is 1. The molecule has 162 valence electrons. The predicted molar refractivity (Wildman–Crippen MR) is 116 cm³/mol. The van der Waals surface area contributed by atoms with Crippen molar-refractivity contribution in [2.45, 2.75) is 31.1 Å². The average molecular weight is 443 g/mol. The number of aryl methyl sites for hydroxylation is 1. The summed E-state index contributed by atoms with van der Waals surface area (Å²) in [6.07, 6.45) is 2.42. The molecule has 0 radical (unpaired) electrons. The van der Waals surface area contributed by atoms with Gasteiger partial charge in [0, 0.05) is 31.0 Å². The molecule has 0 saturated carbocycles. The summed E-state index contributed by atoms with van der Waals surface area (Å²) >= 11 is 0. The molecule has 9 heteroatoms. The third kappa shape index (κ3) is 3.86. The van der Waals surface area contributed by atoms with Gasteiger partial charge in [0.15, 0.2) is 5.69 Å². The van der Waals surface area contributed by atoms with Crippen molar-refractivity contribution in [2.24, 2.45) is 0 Å². The third-order valence-corrected chi connectivity index (χ3v) is 7.26. The van der Waals surface area contributed by atoms with Crippen LogP contribution in [0, 0.1) is 12.7 Å². The molecular weight excluding hydrogens is 419 g/mol. The van der Waals surface area contributed by atoms with E-state index in [9.17, 15) is 17.6 Å². The zero-order chi connectivity index (χ0) is 22.3. The van der Waals surface area contributed by atoms with Crippen LogP contribution in [-0.2, 0) is 22.9 Å². The lowest BCUT2D eigenvalue weighted by Gasteiger charge is -2.14. The van der Waals surface area contributed by atoms with Gasteiger partial charge in [-0.25, -0.2) is 21.8 Å². The Morgan fingerprint density at radius 3 is 2.52 bits per heavy atom. The number of sulfonamides is 1. The molecule has 1 N–H and O–H groups in total. The molecule has 0 fully saturated rings. The van der Waals surface area contributed by atoms with Crippen molar-refractivity contribution in [3.05, 3.63) is 70.8 Å². The number of rotatable bonds is 5. The molecular formula is C22H23FN4O3S. The molecule has 0 saturated heterocycles. The number of hydrogen-bond acceptors (Lipinski definition) is 4. The van der Waals surface area contributed by atoms with E-state index in [1.54, 1.807) is 29.8 Å². The maximum Gasteiger partial charge on any atom is 0.276 e. The average Bonchev–Trinajstić information content (AvgIpc) is 3.33. The van der Waals surface area contributed by atoms with Gasteiger partial charge in [-0.15, -0.1) is 0 Å². The fourth-order valence-electron chi connectivity index (χ4n) is 3.70. The van der Waals surface area contributed by atoms with Crippen LogP contribution in [0.2, 0.25) is 0 Å². The van der Waals surface area contributed by atoms with Crippen molar-refractivity contribution in [3.8, 4) is 5.69 Å². The number of carbonyl (C=O) groups excluding carboxylic acids is 1. The van der Waals surface area contributed by atoms with Crippen molar-refractivity contribution in [1.29, 1.82) is 0 Å². The van der Waals surface area contributed by atoms with Gasteiger partial charge in [0.2, 0.25) is 10.0 Å². The van der Waals surface area contributed by atoms with Gasteiger partial charge >= 0.3 is 0 Å². The minimum Gasteiger partial charge on any atom is -0.320 e. The Morgan fingerprint density at radius 1 is 1.13 bits per heavy atom. The predicted octanol–water partition coefficient (Wildman–Crippen LogP) is 3.31.